The first-order valence-electron chi connectivity index (χ1n) is 6.22. The molecule has 0 rings (SSSR count). The maximum absolute atomic E-state index is 8.57. The summed E-state index contributed by atoms with van der Waals surface area (Å²) in [5.74, 6) is 1.45. The molecule has 92 valence electrons. The van der Waals surface area contributed by atoms with Gasteiger partial charge in [0.25, 0.3) is 0 Å². The van der Waals surface area contributed by atoms with Gasteiger partial charge in [-0.05, 0) is 36.8 Å². The van der Waals surface area contributed by atoms with Crippen molar-refractivity contribution < 1.29 is 5.11 Å². The van der Waals surface area contributed by atoms with Crippen LogP contribution in [0.5, 0.6) is 0 Å². The second kappa shape index (κ2) is 9.26. The fourth-order valence-electron chi connectivity index (χ4n) is 1.51. The molecule has 1 nitrogen and oxygen atoms in total. The predicted octanol–water partition coefficient (Wildman–Crippen LogP) is 5.02. The lowest BCUT2D eigenvalue weighted by atomic mass is 9.99. The molecule has 0 aliphatic carbocycles. The maximum Gasteiger partial charge on any atom is 0.0794 e. The van der Waals surface area contributed by atoms with E-state index in [2.05, 4.69) is 32.9 Å². The molecule has 0 saturated heterocycles. The van der Waals surface area contributed by atoms with E-state index in [0.29, 0.717) is 5.92 Å². The molecule has 0 heterocycles. The van der Waals surface area contributed by atoms with Gasteiger partial charge in [0.15, 0.2) is 0 Å². The van der Waals surface area contributed by atoms with E-state index < -0.39 is 0 Å². The predicted molar refractivity (Wildman–Crippen MR) is 72.5 cm³/mol. The Bertz CT molecular complexity index is 246. The van der Waals surface area contributed by atoms with E-state index in [4.69, 9.17) is 5.11 Å². The van der Waals surface area contributed by atoms with Gasteiger partial charge in [-0.3, -0.25) is 0 Å². The van der Waals surface area contributed by atoms with Crippen molar-refractivity contribution >= 4 is 0 Å². The van der Waals surface area contributed by atoms with Crippen LogP contribution in [0.25, 0.3) is 0 Å². The normalized spacial score (nSPS) is 15.4. The molecule has 1 N–H and O–H groups in total. The van der Waals surface area contributed by atoms with Crippen LogP contribution in [0.4, 0.5) is 0 Å². The first-order chi connectivity index (χ1) is 7.56. The van der Waals surface area contributed by atoms with Gasteiger partial charge < -0.3 is 5.11 Å². The van der Waals surface area contributed by atoms with E-state index >= 15 is 0 Å². The van der Waals surface area contributed by atoms with Crippen LogP contribution in [0.2, 0.25) is 0 Å². The standard InChI is InChI=1S/C15H26O/c1-13(2)7-5-8-14(3)9-6-10-15(4)11-12-16/h6,9-14,16H,5,7-8H2,1-4H3/b9-6+,12-11+,15-10+. The highest BCUT2D eigenvalue weighted by atomic mass is 16.2. The van der Waals surface area contributed by atoms with Crippen molar-refractivity contribution in [2.24, 2.45) is 11.8 Å². The Balaban J connectivity index is 3.82. The van der Waals surface area contributed by atoms with Gasteiger partial charge >= 0.3 is 0 Å². The van der Waals surface area contributed by atoms with E-state index in [9.17, 15) is 0 Å². The minimum Gasteiger partial charge on any atom is -0.516 e. The largest absolute Gasteiger partial charge is 0.516 e. The number of aliphatic hydroxyl groups excluding tert-OH is 1. The van der Waals surface area contributed by atoms with Gasteiger partial charge in [0.05, 0.1) is 6.26 Å². The quantitative estimate of drug-likeness (QED) is 0.473. The summed E-state index contributed by atoms with van der Waals surface area (Å²) in [7, 11) is 0. The zero-order chi connectivity index (χ0) is 12.4. The fourth-order valence-corrected chi connectivity index (χ4v) is 1.51. The minimum atomic E-state index is 0.640. The Kier molecular flexibility index (Phi) is 8.69. The molecule has 0 fully saturated rings. The topological polar surface area (TPSA) is 20.2 Å². The molecule has 0 aromatic rings. The van der Waals surface area contributed by atoms with Crippen molar-refractivity contribution in [1.82, 2.24) is 0 Å². The number of hydrogen-bond acceptors (Lipinski definition) is 1. The van der Waals surface area contributed by atoms with Gasteiger partial charge in [0, 0.05) is 0 Å². The van der Waals surface area contributed by atoms with Crippen LogP contribution in [0, 0.1) is 11.8 Å². The Morgan fingerprint density at radius 2 is 1.88 bits per heavy atom. The number of rotatable bonds is 7. The zero-order valence-electron chi connectivity index (χ0n) is 11.1. The van der Waals surface area contributed by atoms with Gasteiger partial charge in [-0.25, -0.2) is 0 Å². The van der Waals surface area contributed by atoms with Gasteiger partial charge in [0.1, 0.15) is 0 Å². The van der Waals surface area contributed by atoms with Crippen LogP contribution in [-0.2, 0) is 0 Å². The minimum absolute atomic E-state index is 0.640. The molecule has 1 unspecified atom stereocenters. The van der Waals surface area contributed by atoms with Crippen LogP contribution >= 0.6 is 0 Å². The molecule has 16 heavy (non-hydrogen) atoms. The lowest BCUT2D eigenvalue weighted by Crippen LogP contribution is -1.92. The number of aliphatic hydroxyl groups is 1. The van der Waals surface area contributed by atoms with Crippen LogP contribution in [0.15, 0.2) is 36.1 Å². The van der Waals surface area contributed by atoms with E-state index in [1.807, 2.05) is 13.0 Å². The Morgan fingerprint density at radius 1 is 1.19 bits per heavy atom. The van der Waals surface area contributed by atoms with E-state index in [1.165, 1.54) is 19.3 Å². The van der Waals surface area contributed by atoms with Crippen LogP contribution in [0.3, 0.4) is 0 Å². The van der Waals surface area contributed by atoms with Crippen LogP contribution < -0.4 is 0 Å². The van der Waals surface area contributed by atoms with Crippen molar-refractivity contribution in [2.45, 2.75) is 47.0 Å². The monoisotopic (exact) mass is 222 g/mol. The summed E-state index contributed by atoms with van der Waals surface area (Å²) < 4.78 is 0. The summed E-state index contributed by atoms with van der Waals surface area (Å²) >= 11 is 0. The molecular formula is C15H26O. The van der Waals surface area contributed by atoms with Crippen molar-refractivity contribution in [3.8, 4) is 0 Å². The molecule has 0 bridgehead atoms. The summed E-state index contributed by atoms with van der Waals surface area (Å²) in [4.78, 5) is 0. The van der Waals surface area contributed by atoms with E-state index in [-0.39, 0.29) is 0 Å². The first kappa shape index (κ1) is 15.0. The second-order valence-electron chi connectivity index (χ2n) is 4.91. The summed E-state index contributed by atoms with van der Waals surface area (Å²) in [5.41, 5.74) is 1.06. The molecule has 0 aromatic carbocycles. The third-order valence-electron chi connectivity index (χ3n) is 2.58. The maximum atomic E-state index is 8.57. The van der Waals surface area contributed by atoms with Crippen LogP contribution in [-0.4, -0.2) is 5.11 Å². The number of hydrogen-bond donors (Lipinski definition) is 1. The molecule has 0 radical (unpaired) electrons. The van der Waals surface area contributed by atoms with Crippen molar-refractivity contribution in [1.29, 1.82) is 0 Å². The van der Waals surface area contributed by atoms with Gasteiger partial charge in [-0.15, -0.1) is 0 Å². The van der Waals surface area contributed by atoms with Crippen molar-refractivity contribution in [3.05, 3.63) is 36.1 Å². The van der Waals surface area contributed by atoms with E-state index in [1.54, 1.807) is 6.08 Å². The Morgan fingerprint density at radius 3 is 2.44 bits per heavy atom. The molecular weight excluding hydrogens is 196 g/mol. The molecule has 1 heteroatoms. The second-order valence-corrected chi connectivity index (χ2v) is 4.91. The van der Waals surface area contributed by atoms with Crippen molar-refractivity contribution in [2.75, 3.05) is 0 Å². The molecule has 1 atom stereocenters. The van der Waals surface area contributed by atoms with Gasteiger partial charge in [-0.1, -0.05) is 51.8 Å². The van der Waals surface area contributed by atoms with Gasteiger partial charge in [0.2, 0.25) is 0 Å². The molecule has 0 aliphatic rings. The highest BCUT2D eigenvalue weighted by Crippen LogP contribution is 2.13. The molecule has 0 amide bonds. The Hall–Kier alpha value is -0.980. The lowest BCUT2D eigenvalue weighted by molar-refractivity contribution is 0.473. The first-order valence-corrected chi connectivity index (χ1v) is 6.22. The Labute approximate surface area is 101 Å². The molecule has 0 spiro atoms. The molecule has 0 aromatic heterocycles. The fraction of sp³-hybridized carbons (Fsp3) is 0.600. The summed E-state index contributed by atoms with van der Waals surface area (Å²) in [5, 5.41) is 8.57. The number of allylic oxidation sites excluding steroid dienone is 5. The highest BCUT2D eigenvalue weighted by Gasteiger charge is 1.98. The third kappa shape index (κ3) is 9.57. The smallest absolute Gasteiger partial charge is 0.0794 e. The lowest BCUT2D eigenvalue weighted by Gasteiger charge is -2.07. The molecule has 0 saturated carbocycles. The highest BCUT2D eigenvalue weighted by molar-refractivity contribution is 5.20. The summed E-state index contributed by atoms with van der Waals surface area (Å²) in [6.45, 7) is 8.77. The zero-order valence-corrected chi connectivity index (χ0v) is 11.1. The molecule has 0 aliphatic heterocycles. The average molecular weight is 222 g/mol. The summed E-state index contributed by atoms with van der Waals surface area (Å²) in [6, 6.07) is 0. The average Bonchev–Trinajstić information content (AvgIpc) is 2.17. The van der Waals surface area contributed by atoms with E-state index in [0.717, 1.165) is 17.8 Å². The third-order valence-corrected chi connectivity index (χ3v) is 2.58. The van der Waals surface area contributed by atoms with Crippen LogP contribution in [0.1, 0.15) is 47.0 Å². The SMILES string of the molecule is CC(/C=C/O)=C\C=C\C(C)CCCC(C)C. The van der Waals surface area contributed by atoms with Crippen molar-refractivity contribution in [3.63, 3.8) is 0 Å². The summed E-state index contributed by atoms with van der Waals surface area (Å²) in [6.07, 6.45) is 13.0. The van der Waals surface area contributed by atoms with Gasteiger partial charge in [-0.2, -0.15) is 0 Å².